The first-order valence-electron chi connectivity index (χ1n) is 5.51. The molecule has 0 spiro atoms. The zero-order chi connectivity index (χ0) is 11.4. The Morgan fingerprint density at radius 3 is 2.56 bits per heavy atom. The van der Waals surface area contributed by atoms with Crippen molar-refractivity contribution in [1.82, 2.24) is 4.90 Å². The third-order valence-electron chi connectivity index (χ3n) is 2.70. The van der Waals surface area contributed by atoms with Crippen LogP contribution in [0.2, 0.25) is 0 Å². The molecule has 1 aliphatic rings. The molecule has 3 heteroatoms. The second-order valence-corrected chi connectivity index (χ2v) is 5.02. The zero-order valence-electron chi connectivity index (χ0n) is 9.13. The third kappa shape index (κ3) is 3.16. The summed E-state index contributed by atoms with van der Waals surface area (Å²) >= 11 is 3.42. The molecule has 2 rings (SSSR count). The zero-order valence-corrected chi connectivity index (χ0v) is 10.7. The third-order valence-corrected chi connectivity index (χ3v) is 3.23. The molecule has 1 saturated heterocycles. The van der Waals surface area contributed by atoms with Crippen LogP contribution in [0.25, 0.3) is 6.08 Å². The summed E-state index contributed by atoms with van der Waals surface area (Å²) in [4.78, 5) is 2.27. The second-order valence-electron chi connectivity index (χ2n) is 4.11. The van der Waals surface area contributed by atoms with Crippen LogP contribution in [0, 0.1) is 0 Å². The second kappa shape index (κ2) is 5.60. The highest BCUT2D eigenvalue weighted by molar-refractivity contribution is 9.10. The quantitative estimate of drug-likeness (QED) is 0.818. The van der Waals surface area contributed by atoms with E-state index in [2.05, 4.69) is 39.0 Å². The van der Waals surface area contributed by atoms with Crippen LogP contribution in [0.4, 0.5) is 4.39 Å². The standard InChI is InChI=1S/C13H15BrFN/c14-13-4-2-11(3-5-13)8-12-9-16(10-12)7-1-6-15/h2-5,8H,1,6-7,9-10H2. The van der Waals surface area contributed by atoms with Crippen LogP contribution in [-0.4, -0.2) is 31.2 Å². The minimum atomic E-state index is -0.206. The first-order chi connectivity index (χ1) is 7.78. The van der Waals surface area contributed by atoms with Crippen LogP contribution in [0.3, 0.4) is 0 Å². The van der Waals surface area contributed by atoms with E-state index in [-0.39, 0.29) is 6.67 Å². The van der Waals surface area contributed by atoms with Crippen LogP contribution in [0.15, 0.2) is 34.3 Å². The van der Waals surface area contributed by atoms with Gasteiger partial charge in [0.05, 0.1) is 6.67 Å². The number of nitrogens with zero attached hydrogens (tertiary/aromatic N) is 1. The lowest BCUT2D eigenvalue weighted by Gasteiger charge is -2.33. The van der Waals surface area contributed by atoms with E-state index in [1.807, 2.05) is 12.1 Å². The molecule has 1 nitrogen and oxygen atoms in total. The Balaban J connectivity index is 1.84. The summed E-state index contributed by atoms with van der Waals surface area (Å²) in [6.45, 7) is 2.67. The van der Waals surface area contributed by atoms with Crippen LogP contribution in [0.1, 0.15) is 12.0 Å². The van der Waals surface area contributed by atoms with Crippen LogP contribution < -0.4 is 0 Å². The van der Waals surface area contributed by atoms with Crippen molar-refractivity contribution in [1.29, 1.82) is 0 Å². The Hall–Kier alpha value is -0.670. The van der Waals surface area contributed by atoms with Gasteiger partial charge in [0.1, 0.15) is 0 Å². The van der Waals surface area contributed by atoms with Crippen molar-refractivity contribution in [2.24, 2.45) is 0 Å². The monoisotopic (exact) mass is 283 g/mol. The van der Waals surface area contributed by atoms with Gasteiger partial charge in [-0.2, -0.15) is 0 Å². The molecule has 0 bridgehead atoms. The fraction of sp³-hybridized carbons (Fsp3) is 0.385. The minimum absolute atomic E-state index is 0.206. The summed E-state index contributed by atoms with van der Waals surface area (Å²) in [5.74, 6) is 0. The smallest absolute Gasteiger partial charge is 0.0906 e. The van der Waals surface area contributed by atoms with Gasteiger partial charge in [0.15, 0.2) is 0 Å². The lowest BCUT2D eigenvalue weighted by molar-refractivity contribution is 0.239. The molecule has 1 aromatic carbocycles. The van der Waals surface area contributed by atoms with Gasteiger partial charge in [0.2, 0.25) is 0 Å². The minimum Gasteiger partial charge on any atom is -0.295 e. The normalized spacial score (nSPS) is 16.0. The number of halogens is 2. The number of hydrogen-bond donors (Lipinski definition) is 0. The van der Waals surface area contributed by atoms with Crippen molar-refractivity contribution >= 4 is 22.0 Å². The molecule has 1 aromatic rings. The van der Waals surface area contributed by atoms with E-state index in [0.29, 0.717) is 6.42 Å². The van der Waals surface area contributed by atoms with Gasteiger partial charge in [-0.1, -0.05) is 34.1 Å². The molecule has 0 aliphatic carbocycles. The molecule has 1 heterocycles. The molecule has 0 atom stereocenters. The fourth-order valence-corrected chi connectivity index (χ4v) is 2.12. The van der Waals surface area contributed by atoms with E-state index in [4.69, 9.17) is 0 Å². The maximum atomic E-state index is 11.9. The molecule has 1 fully saturated rings. The highest BCUT2D eigenvalue weighted by atomic mass is 79.9. The van der Waals surface area contributed by atoms with E-state index < -0.39 is 0 Å². The van der Waals surface area contributed by atoms with Crippen molar-refractivity contribution < 1.29 is 4.39 Å². The highest BCUT2D eigenvalue weighted by Gasteiger charge is 2.18. The Labute approximate surface area is 104 Å². The van der Waals surface area contributed by atoms with Gasteiger partial charge >= 0.3 is 0 Å². The molecule has 0 N–H and O–H groups in total. The van der Waals surface area contributed by atoms with Gasteiger partial charge in [0, 0.05) is 24.1 Å². The van der Waals surface area contributed by atoms with E-state index >= 15 is 0 Å². The van der Waals surface area contributed by atoms with Crippen molar-refractivity contribution in [2.45, 2.75) is 6.42 Å². The molecular formula is C13H15BrFN. The van der Waals surface area contributed by atoms with Gasteiger partial charge in [-0.15, -0.1) is 0 Å². The van der Waals surface area contributed by atoms with E-state index in [1.165, 1.54) is 11.1 Å². The predicted octanol–water partition coefficient (Wildman–Crippen LogP) is 3.51. The predicted molar refractivity (Wildman–Crippen MR) is 69.2 cm³/mol. The van der Waals surface area contributed by atoms with E-state index in [1.54, 1.807) is 0 Å². The van der Waals surface area contributed by atoms with Crippen LogP contribution in [0.5, 0.6) is 0 Å². The van der Waals surface area contributed by atoms with Crippen molar-refractivity contribution in [3.8, 4) is 0 Å². The average molecular weight is 284 g/mol. The summed E-state index contributed by atoms with van der Waals surface area (Å²) < 4.78 is 13.1. The van der Waals surface area contributed by atoms with Gasteiger partial charge < -0.3 is 0 Å². The number of hydrogen-bond acceptors (Lipinski definition) is 1. The molecule has 86 valence electrons. The first-order valence-corrected chi connectivity index (χ1v) is 6.30. The Morgan fingerprint density at radius 2 is 1.94 bits per heavy atom. The van der Waals surface area contributed by atoms with Crippen molar-refractivity contribution in [3.63, 3.8) is 0 Å². The first kappa shape index (κ1) is 11.8. The Kier molecular flexibility index (Phi) is 4.13. The SMILES string of the molecule is FCCCN1CC(=Cc2ccc(Br)cc2)C1. The van der Waals surface area contributed by atoms with Gasteiger partial charge in [-0.3, -0.25) is 9.29 Å². The Bertz CT molecular complexity index is 364. The maximum Gasteiger partial charge on any atom is 0.0906 e. The van der Waals surface area contributed by atoms with Gasteiger partial charge in [-0.25, -0.2) is 0 Å². The highest BCUT2D eigenvalue weighted by Crippen LogP contribution is 2.19. The summed E-state index contributed by atoms with van der Waals surface area (Å²) in [5, 5.41) is 0. The van der Waals surface area contributed by atoms with Gasteiger partial charge in [-0.05, 0) is 29.7 Å². The van der Waals surface area contributed by atoms with E-state index in [0.717, 1.165) is 24.1 Å². The number of rotatable bonds is 4. The Morgan fingerprint density at radius 1 is 1.25 bits per heavy atom. The van der Waals surface area contributed by atoms with E-state index in [9.17, 15) is 4.39 Å². The van der Waals surface area contributed by atoms with Gasteiger partial charge in [0.25, 0.3) is 0 Å². The molecule has 1 aliphatic heterocycles. The number of alkyl halides is 1. The molecular weight excluding hydrogens is 269 g/mol. The van der Waals surface area contributed by atoms with Crippen LogP contribution >= 0.6 is 15.9 Å². The van der Waals surface area contributed by atoms with Crippen LogP contribution in [-0.2, 0) is 0 Å². The molecule has 0 amide bonds. The maximum absolute atomic E-state index is 11.9. The molecule has 0 unspecified atom stereocenters. The molecule has 0 radical (unpaired) electrons. The fourth-order valence-electron chi connectivity index (χ4n) is 1.86. The van der Waals surface area contributed by atoms with Crippen molar-refractivity contribution in [2.75, 3.05) is 26.3 Å². The molecule has 16 heavy (non-hydrogen) atoms. The topological polar surface area (TPSA) is 3.24 Å². The lowest BCUT2D eigenvalue weighted by atomic mass is 10.0. The average Bonchev–Trinajstić information content (AvgIpc) is 2.24. The number of likely N-dealkylation sites (tertiary alicyclic amines) is 1. The summed E-state index contributed by atoms with van der Waals surface area (Å²) in [6.07, 6.45) is 2.88. The lowest BCUT2D eigenvalue weighted by Crippen LogP contribution is -2.40. The summed E-state index contributed by atoms with van der Waals surface area (Å²) in [6, 6.07) is 8.29. The molecule has 0 saturated carbocycles. The molecule has 0 aromatic heterocycles. The van der Waals surface area contributed by atoms with Crippen molar-refractivity contribution in [3.05, 3.63) is 39.9 Å². The summed E-state index contributed by atoms with van der Waals surface area (Å²) in [7, 11) is 0. The number of benzene rings is 1. The largest absolute Gasteiger partial charge is 0.295 e. The summed E-state index contributed by atoms with van der Waals surface area (Å²) in [5.41, 5.74) is 2.67.